The molecule has 0 unspecified atom stereocenters. The van der Waals surface area contributed by atoms with Crippen LogP contribution in [0.3, 0.4) is 0 Å². The van der Waals surface area contributed by atoms with E-state index in [1.807, 2.05) is 19.1 Å². The van der Waals surface area contributed by atoms with Gasteiger partial charge in [-0.2, -0.15) is 20.1 Å². The Kier molecular flexibility index (Phi) is 6.95. The predicted octanol–water partition coefficient (Wildman–Crippen LogP) is 2.85. The molecule has 164 valence electrons. The SMILES string of the molecule is CCc1nc(-c2ncc(Br)cn2)n(-c2cccc(C(=O)NCCCCn3nccn3)c2)n1. The average Bonchev–Trinajstić information content (AvgIpc) is 3.49. The Labute approximate surface area is 193 Å². The van der Waals surface area contributed by atoms with Gasteiger partial charge >= 0.3 is 0 Å². The maximum absolute atomic E-state index is 12.7. The molecule has 0 radical (unpaired) electrons. The lowest BCUT2D eigenvalue weighted by Crippen LogP contribution is -2.24. The first-order valence-corrected chi connectivity index (χ1v) is 11.1. The summed E-state index contributed by atoms with van der Waals surface area (Å²) in [6.07, 6.45) is 9.03. The van der Waals surface area contributed by atoms with Gasteiger partial charge in [0.25, 0.3) is 5.91 Å². The number of hydrogen-bond donors (Lipinski definition) is 1. The molecule has 32 heavy (non-hydrogen) atoms. The van der Waals surface area contributed by atoms with E-state index in [1.165, 1.54) is 0 Å². The van der Waals surface area contributed by atoms with Gasteiger partial charge in [-0.25, -0.2) is 19.6 Å². The number of benzene rings is 1. The molecule has 0 aliphatic carbocycles. The summed E-state index contributed by atoms with van der Waals surface area (Å²) in [6, 6.07) is 7.27. The summed E-state index contributed by atoms with van der Waals surface area (Å²) < 4.78 is 2.46. The van der Waals surface area contributed by atoms with Crippen LogP contribution in [0.5, 0.6) is 0 Å². The Bertz CT molecular complexity index is 1170. The molecule has 0 bridgehead atoms. The predicted molar refractivity (Wildman–Crippen MR) is 121 cm³/mol. The molecule has 3 aromatic heterocycles. The summed E-state index contributed by atoms with van der Waals surface area (Å²) in [4.78, 5) is 27.6. The molecule has 0 saturated heterocycles. The van der Waals surface area contributed by atoms with E-state index in [-0.39, 0.29) is 5.91 Å². The average molecular weight is 496 g/mol. The number of aromatic nitrogens is 8. The van der Waals surface area contributed by atoms with Gasteiger partial charge in [-0.05, 0) is 47.0 Å². The van der Waals surface area contributed by atoms with Crippen molar-refractivity contribution in [3.05, 3.63) is 64.9 Å². The first-order valence-electron chi connectivity index (χ1n) is 10.3. The van der Waals surface area contributed by atoms with Crippen LogP contribution in [-0.4, -0.2) is 52.2 Å². The number of unbranched alkanes of at least 4 members (excludes halogenated alkanes) is 1. The second-order valence-electron chi connectivity index (χ2n) is 6.98. The highest BCUT2D eigenvalue weighted by Gasteiger charge is 2.16. The second kappa shape index (κ2) is 10.2. The molecule has 4 rings (SSSR count). The van der Waals surface area contributed by atoms with E-state index in [4.69, 9.17) is 0 Å². The number of amides is 1. The topological polar surface area (TPSA) is 116 Å². The van der Waals surface area contributed by atoms with Gasteiger partial charge in [-0.3, -0.25) is 4.79 Å². The van der Waals surface area contributed by atoms with E-state index < -0.39 is 0 Å². The van der Waals surface area contributed by atoms with Crippen molar-refractivity contribution in [3.63, 3.8) is 0 Å². The molecule has 0 aliphatic rings. The third-order valence-corrected chi connectivity index (χ3v) is 5.09. The fraction of sp³-hybridized carbons (Fsp3) is 0.286. The molecular weight excluding hydrogens is 474 g/mol. The van der Waals surface area contributed by atoms with E-state index in [9.17, 15) is 4.79 Å². The molecule has 1 amide bonds. The normalized spacial score (nSPS) is 10.9. The van der Waals surface area contributed by atoms with Gasteiger partial charge in [0.15, 0.2) is 11.6 Å². The van der Waals surface area contributed by atoms with E-state index in [0.717, 1.165) is 29.5 Å². The smallest absolute Gasteiger partial charge is 0.251 e. The maximum Gasteiger partial charge on any atom is 0.251 e. The molecule has 0 fully saturated rings. The van der Waals surface area contributed by atoms with E-state index >= 15 is 0 Å². The number of carbonyl (C=O) groups is 1. The Hall–Kier alpha value is -3.47. The lowest BCUT2D eigenvalue weighted by Gasteiger charge is -2.09. The zero-order chi connectivity index (χ0) is 22.3. The summed E-state index contributed by atoms with van der Waals surface area (Å²) in [7, 11) is 0. The Morgan fingerprint density at radius 1 is 1.12 bits per heavy atom. The largest absolute Gasteiger partial charge is 0.352 e. The van der Waals surface area contributed by atoms with E-state index in [1.54, 1.807) is 46.4 Å². The van der Waals surface area contributed by atoms with Crippen molar-refractivity contribution >= 4 is 21.8 Å². The van der Waals surface area contributed by atoms with Crippen LogP contribution < -0.4 is 5.32 Å². The van der Waals surface area contributed by atoms with Gasteiger partial charge in [-0.15, -0.1) is 0 Å². The standard InChI is InChI=1S/C21H22BrN9O/c1-2-18-28-20(19-24-13-16(22)14-25-19)31(29-18)17-7-5-6-15(12-17)21(32)23-8-3-4-11-30-26-9-10-27-30/h5-7,9-10,12-14H,2-4,8,11H2,1H3,(H,23,32). The number of halogens is 1. The molecule has 1 aromatic carbocycles. The monoisotopic (exact) mass is 495 g/mol. The lowest BCUT2D eigenvalue weighted by atomic mass is 10.2. The van der Waals surface area contributed by atoms with Crippen molar-refractivity contribution in [2.45, 2.75) is 32.7 Å². The summed E-state index contributed by atoms with van der Waals surface area (Å²) in [6.45, 7) is 3.29. The summed E-state index contributed by atoms with van der Waals surface area (Å²) >= 11 is 3.35. The second-order valence-corrected chi connectivity index (χ2v) is 7.90. The van der Waals surface area contributed by atoms with Crippen molar-refractivity contribution < 1.29 is 4.79 Å². The molecule has 10 nitrogen and oxygen atoms in total. The van der Waals surface area contributed by atoms with Gasteiger partial charge in [0.2, 0.25) is 5.82 Å². The minimum atomic E-state index is -0.138. The molecule has 3 heterocycles. The van der Waals surface area contributed by atoms with Crippen molar-refractivity contribution in [3.8, 4) is 17.3 Å². The van der Waals surface area contributed by atoms with Gasteiger partial charge in [-0.1, -0.05) is 13.0 Å². The van der Waals surface area contributed by atoms with Crippen molar-refractivity contribution in [1.82, 2.24) is 45.0 Å². The van der Waals surface area contributed by atoms with E-state index in [2.05, 4.69) is 51.5 Å². The number of nitrogens with one attached hydrogen (secondary N) is 1. The van der Waals surface area contributed by atoms with Crippen molar-refractivity contribution in [1.29, 1.82) is 0 Å². The van der Waals surface area contributed by atoms with Crippen LogP contribution >= 0.6 is 15.9 Å². The van der Waals surface area contributed by atoms with Crippen molar-refractivity contribution in [2.75, 3.05) is 6.54 Å². The van der Waals surface area contributed by atoms with Crippen LogP contribution in [0.1, 0.15) is 35.9 Å². The highest BCUT2D eigenvalue weighted by molar-refractivity contribution is 9.10. The number of aryl methyl sites for hydroxylation is 2. The van der Waals surface area contributed by atoms with Gasteiger partial charge < -0.3 is 5.32 Å². The fourth-order valence-corrected chi connectivity index (χ4v) is 3.28. The van der Waals surface area contributed by atoms with Crippen LogP contribution in [0.15, 0.2) is 53.5 Å². The molecule has 0 atom stereocenters. The third-order valence-electron chi connectivity index (χ3n) is 4.68. The summed E-state index contributed by atoms with van der Waals surface area (Å²) in [5.41, 5.74) is 1.27. The molecule has 0 saturated carbocycles. The van der Waals surface area contributed by atoms with Crippen LogP contribution in [-0.2, 0) is 13.0 Å². The van der Waals surface area contributed by atoms with Crippen LogP contribution in [0.4, 0.5) is 0 Å². The first kappa shape index (κ1) is 21.8. The number of hydrogen-bond acceptors (Lipinski definition) is 7. The molecule has 1 N–H and O–H groups in total. The molecule has 11 heteroatoms. The molecule has 0 aliphatic heterocycles. The zero-order valence-electron chi connectivity index (χ0n) is 17.5. The first-order chi connectivity index (χ1) is 15.6. The van der Waals surface area contributed by atoms with Gasteiger partial charge in [0, 0.05) is 30.9 Å². The van der Waals surface area contributed by atoms with Crippen LogP contribution in [0, 0.1) is 0 Å². The highest BCUT2D eigenvalue weighted by atomic mass is 79.9. The van der Waals surface area contributed by atoms with Crippen molar-refractivity contribution in [2.24, 2.45) is 0 Å². The Morgan fingerprint density at radius 3 is 2.66 bits per heavy atom. The number of nitrogens with zero attached hydrogens (tertiary/aromatic N) is 8. The van der Waals surface area contributed by atoms with Crippen LogP contribution in [0.2, 0.25) is 0 Å². The quantitative estimate of drug-likeness (QED) is 0.354. The van der Waals surface area contributed by atoms with E-state index in [0.29, 0.717) is 36.0 Å². The molecule has 0 spiro atoms. The minimum Gasteiger partial charge on any atom is -0.352 e. The summed E-state index contributed by atoms with van der Waals surface area (Å²) in [5.74, 6) is 1.52. The lowest BCUT2D eigenvalue weighted by molar-refractivity contribution is 0.0953. The Balaban J connectivity index is 1.46. The molecule has 4 aromatic rings. The third kappa shape index (κ3) is 5.22. The van der Waals surface area contributed by atoms with Gasteiger partial charge in [0.05, 0.1) is 29.1 Å². The zero-order valence-corrected chi connectivity index (χ0v) is 19.1. The number of rotatable bonds is 9. The van der Waals surface area contributed by atoms with Crippen LogP contribution in [0.25, 0.3) is 17.3 Å². The minimum absolute atomic E-state index is 0.138. The van der Waals surface area contributed by atoms with Gasteiger partial charge in [0.1, 0.15) is 0 Å². The fourth-order valence-electron chi connectivity index (χ4n) is 3.08. The summed E-state index contributed by atoms with van der Waals surface area (Å²) in [5, 5.41) is 15.7. The maximum atomic E-state index is 12.7. The number of carbonyl (C=O) groups excluding carboxylic acids is 1. The highest BCUT2D eigenvalue weighted by Crippen LogP contribution is 2.20. The Morgan fingerprint density at radius 2 is 1.91 bits per heavy atom. The molecular formula is C21H22BrN9O.